The van der Waals surface area contributed by atoms with E-state index in [9.17, 15) is 0 Å². The molecule has 5 aromatic carbocycles. The molecule has 0 bridgehead atoms. The maximum absolute atomic E-state index is 2.55. The van der Waals surface area contributed by atoms with Gasteiger partial charge < -0.3 is 0 Å². The van der Waals surface area contributed by atoms with Crippen molar-refractivity contribution in [3.63, 3.8) is 0 Å². The van der Waals surface area contributed by atoms with E-state index in [1.807, 2.05) is 0 Å². The van der Waals surface area contributed by atoms with E-state index in [0.717, 1.165) is 79.5 Å². The van der Waals surface area contributed by atoms with E-state index in [-0.39, 0.29) is 0 Å². The maximum atomic E-state index is 2.55. The molecule has 12 nitrogen and oxygen atoms in total. The first-order valence-corrected chi connectivity index (χ1v) is 21.5. The molecule has 0 saturated heterocycles. The molecule has 12 heteroatoms. The van der Waals surface area contributed by atoms with Gasteiger partial charge in [0, 0.05) is 26.2 Å². The third kappa shape index (κ3) is 13.0. The van der Waals surface area contributed by atoms with E-state index in [2.05, 4.69) is 220 Å². The average Bonchev–Trinajstić information content (AvgIpc) is 3.09. The molecule has 0 spiro atoms. The fourth-order valence-corrected chi connectivity index (χ4v) is 9.31. The van der Waals surface area contributed by atoms with Crippen LogP contribution >= 0.6 is 0 Å². The van der Waals surface area contributed by atoms with Crippen LogP contribution in [0.25, 0.3) is 43.1 Å². The van der Waals surface area contributed by atoms with Crippen LogP contribution in [0.2, 0.25) is 0 Å². The van der Waals surface area contributed by atoms with Crippen molar-refractivity contribution in [3.05, 3.63) is 70.8 Å². The van der Waals surface area contributed by atoms with Crippen LogP contribution in [-0.4, -0.2) is 225 Å². The standard InChI is InChI=1S/C48H80N12/c1-49(2)29-57(30-50(3)4)25-37-21-43-39(27-59(33-53(9)10)34-54(11)12)17-19-41-42-20-18-40(28-60(35-55(13)14)36-56(15)16)44-22-38(26-58(31-51(5)6)32-52(7)8)24-46(48(42)44)45(23-37)47(41)43/h17-24H,25-36H2,1-16H3. The smallest absolute Gasteiger partial charge is 0.0516 e. The molecule has 0 fully saturated rings. The lowest BCUT2D eigenvalue weighted by molar-refractivity contribution is 0.111. The SMILES string of the molecule is CN(C)CN(Cc1cc2c(CN(CN(C)C)CN(C)C)ccc3c4ccc(CN(CN(C)C)CN(C)C)c5cc(CN(CN(C)C)CN(C)C)cc(c(c1)c23)c54)CN(C)C. The van der Waals surface area contributed by atoms with Crippen LogP contribution in [0.3, 0.4) is 0 Å². The summed E-state index contributed by atoms with van der Waals surface area (Å²) in [6.07, 6.45) is 0. The summed E-state index contributed by atoms with van der Waals surface area (Å²) in [5.74, 6) is 0. The van der Waals surface area contributed by atoms with Crippen molar-refractivity contribution in [2.45, 2.75) is 26.2 Å². The minimum atomic E-state index is 0.862. The molecule has 5 aromatic rings. The minimum Gasteiger partial charge on any atom is -0.297 e. The third-order valence-electron chi connectivity index (χ3n) is 10.6. The van der Waals surface area contributed by atoms with Crippen molar-refractivity contribution in [1.82, 2.24) is 58.8 Å². The second-order valence-corrected chi connectivity index (χ2v) is 19.8. The monoisotopic (exact) mass is 825 g/mol. The van der Waals surface area contributed by atoms with Crippen molar-refractivity contribution in [1.29, 1.82) is 0 Å². The topological polar surface area (TPSA) is 38.9 Å². The highest BCUT2D eigenvalue weighted by Crippen LogP contribution is 2.44. The van der Waals surface area contributed by atoms with Crippen LogP contribution in [-0.2, 0) is 26.2 Å². The molecule has 0 amide bonds. The number of hydrogen-bond donors (Lipinski definition) is 0. The Kier molecular flexibility index (Phi) is 17.1. The van der Waals surface area contributed by atoms with E-state index in [4.69, 9.17) is 0 Å². The predicted molar refractivity (Wildman–Crippen MR) is 258 cm³/mol. The van der Waals surface area contributed by atoms with Gasteiger partial charge in [-0.1, -0.05) is 24.3 Å². The van der Waals surface area contributed by atoms with Crippen molar-refractivity contribution in [2.24, 2.45) is 0 Å². The number of fused-ring (bicyclic) bond motifs is 2. The van der Waals surface area contributed by atoms with Gasteiger partial charge in [-0.3, -0.25) is 58.8 Å². The second kappa shape index (κ2) is 21.3. The number of hydrogen-bond acceptors (Lipinski definition) is 12. The van der Waals surface area contributed by atoms with Crippen molar-refractivity contribution < 1.29 is 0 Å². The average molecular weight is 825 g/mol. The summed E-state index contributed by atoms with van der Waals surface area (Å²) in [5, 5.41) is 10.9. The largest absolute Gasteiger partial charge is 0.297 e. The lowest BCUT2D eigenvalue weighted by atomic mass is 9.85. The van der Waals surface area contributed by atoms with Crippen LogP contribution in [0.1, 0.15) is 22.3 Å². The van der Waals surface area contributed by atoms with Gasteiger partial charge in [0.1, 0.15) is 0 Å². The lowest BCUT2D eigenvalue weighted by Crippen LogP contribution is -2.39. The normalized spacial score (nSPS) is 13.3. The molecule has 332 valence electrons. The van der Waals surface area contributed by atoms with Gasteiger partial charge in [-0.25, -0.2) is 0 Å². The Morgan fingerprint density at radius 1 is 0.267 bits per heavy atom. The van der Waals surface area contributed by atoms with Gasteiger partial charge in [0.2, 0.25) is 0 Å². The zero-order valence-electron chi connectivity index (χ0n) is 40.5. The van der Waals surface area contributed by atoms with Crippen LogP contribution in [0.15, 0.2) is 48.5 Å². The van der Waals surface area contributed by atoms with Crippen molar-refractivity contribution in [3.8, 4) is 0 Å². The highest BCUT2D eigenvalue weighted by Gasteiger charge is 2.22. The molecule has 0 aliphatic rings. The van der Waals surface area contributed by atoms with Crippen molar-refractivity contribution >= 4 is 43.1 Å². The van der Waals surface area contributed by atoms with E-state index in [1.54, 1.807) is 0 Å². The maximum Gasteiger partial charge on any atom is 0.0516 e. The molecule has 0 heterocycles. The van der Waals surface area contributed by atoms with Crippen LogP contribution in [0.5, 0.6) is 0 Å². The highest BCUT2D eigenvalue weighted by molar-refractivity contribution is 6.33. The van der Waals surface area contributed by atoms with Gasteiger partial charge in [0.15, 0.2) is 0 Å². The first kappa shape index (κ1) is 48.0. The highest BCUT2D eigenvalue weighted by atomic mass is 15.4. The molecule has 0 N–H and O–H groups in total. The predicted octanol–water partition coefficient (Wildman–Crippen LogP) is 5.10. The summed E-state index contributed by atoms with van der Waals surface area (Å²) in [7, 11) is 34.7. The molecule has 0 saturated carbocycles. The fraction of sp³-hybridized carbons (Fsp3) is 0.583. The van der Waals surface area contributed by atoms with Gasteiger partial charge >= 0.3 is 0 Å². The van der Waals surface area contributed by atoms with E-state index in [1.165, 1.54) is 65.3 Å². The molecular weight excluding hydrogens is 745 g/mol. The van der Waals surface area contributed by atoms with E-state index in [0.29, 0.717) is 0 Å². The van der Waals surface area contributed by atoms with Gasteiger partial charge in [-0.2, -0.15) is 0 Å². The number of benzene rings is 5. The Bertz CT molecular complexity index is 1920. The van der Waals surface area contributed by atoms with E-state index < -0.39 is 0 Å². The van der Waals surface area contributed by atoms with E-state index >= 15 is 0 Å². The molecule has 0 aromatic heterocycles. The zero-order valence-corrected chi connectivity index (χ0v) is 40.5. The second-order valence-electron chi connectivity index (χ2n) is 19.8. The molecule has 60 heavy (non-hydrogen) atoms. The molecule has 0 atom stereocenters. The quantitative estimate of drug-likeness (QED) is 0.0473. The summed E-state index contributed by atoms with van der Waals surface area (Å²) in [6, 6.07) is 19.8. The minimum absolute atomic E-state index is 0.862. The summed E-state index contributed by atoms with van der Waals surface area (Å²) < 4.78 is 0. The Morgan fingerprint density at radius 2 is 0.500 bits per heavy atom. The third-order valence-corrected chi connectivity index (χ3v) is 10.6. The van der Waals surface area contributed by atoms with Gasteiger partial charge in [0.25, 0.3) is 0 Å². The Morgan fingerprint density at radius 3 is 0.750 bits per heavy atom. The summed E-state index contributed by atoms with van der Waals surface area (Å²) in [5.41, 5.74) is 5.47. The Labute approximate surface area is 363 Å². The number of rotatable bonds is 24. The van der Waals surface area contributed by atoms with Gasteiger partial charge in [-0.05, 0) is 202 Å². The van der Waals surface area contributed by atoms with Gasteiger partial charge in [-0.15, -0.1) is 0 Å². The molecule has 5 rings (SSSR count). The van der Waals surface area contributed by atoms with Crippen molar-refractivity contribution in [2.75, 3.05) is 166 Å². The summed E-state index contributed by atoms with van der Waals surface area (Å²) >= 11 is 0. The first-order chi connectivity index (χ1) is 28.3. The first-order valence-electron chi connectivity index (χ1n) is 21.5. The zero-order chi connectivity index (χ0) is 44.0. The molecule has 0 aliphatic carbocycles. The van der Waals surface area contributed by atoms with Crippen LogP contribution in [0, 0.1) is 0 Å². The lowest BCUT2D eigenvalue weighted by Gasteiger charge is -2.31. The summed E-state index contributed by atoms with van der Waals surface area (Å²) in [6.45, 7) is 10.5. The Balaban J connectivity index is 1.87. The molecular formula is C48H80N12. The number of nitrogens with zero attached hydrogens (tertiary/aromatic N) is 12. The molecule has 0 unspecified atom stereocenters. The van der Waals surface area contributed by atoms with Crippen LogP contribution < -0.4 is 0 Å². The van der Waals surface area contributed by atoms with Crippen LogP contribution in [0.4, 0.5) is 0 Å². The molecule has 0 aliphatic heterocycles. The van der Waals surface area contributed by atoms with Gasteiger partial charge in [0.05, 0.1) is 53.3 Å². The summed E-state index contributed by atoms with van der Waals surface area (Å²) in [4.78, 5) is 28.5. The Hall–Kier alpha value is -3.08. The molecule has 0 radical (unpaired) electrons. The fourth-order valence-electron chi connectivity index (χ4n) is 9.31.